The number of benzene rings is 3. The average molecular weight is 465 g/mol. The minimum absolute atomic E-state index is 0.0456. The maximum atomic E-state index is 12.9. The summed E-state index contributed by atoms with van der Waals surface area (Å²) in [6.45, 7) is 0. The zero-order valence-electron chi connectivity index (χ0n) is 15.6. The Kier molecular flexibility index (Phi) is 6.77. The van der Waals surface area contributed by atoms with Gasteiger partial charge < -0.3 is 15.7 Å². The minimum atomic E-state index is -1.06. The van der Waals surface area contributed by atoms with Crippen LogP contribution < -0.4 is 10.6 Å². The van der Waals surface area contributed by atoms with Crippen molar-refractivity contribution in [3.8, 4) is 0 Å². The van der Waals surface area contributed by atoms with E-state index in [9.17, 15) is 14.4 Å². The Bertz CT molecular complexity index is 1110. The molecule has 0 unspecified atom stereocenters. The quantitative estimate of drug-likeness (QED) is 0.466. The summed E-state index contributed by atoms with van der Waals surface area (Å²) in [5, 5.41) is 14.3. The van der Waals surface area contributed by atoms with Gasteiger partial charge in [0.2, 0.25) is 0 Å². The van der Waals surface area contributed by atoms with E-state index in [1.165, 1.54) is 24.3 Å². The zero-order valence-corrected chi connectivity index (χ0v) is 17.2. The van der Waals surface area contributed by atoms with Crippen LogP contribution in [0.5, 0.6) is 0 Å². The number of anilines is 1. The van der Waals surface area contributed by atoms with Gasteiger partial charge in [0.05, 0.1) is 5.56 Å². The van der Waals surface area contributed by atoms with E-state index in [1.54, 1.807) is 42.5 Å². The van der Waals surface area contributed by atoms with Gasteiger partial charge in [0.15, 0.2) is 0 Å². The molecule has 30 heavy (non-hydrogen) atoms. The predicted octanol–water partition coefficient (Wildman–Crippen LogP) is 4.56. The van der Waals surface area contributed by atoms with E-state index in [-0.39, 0.29) is 11.3 Å². The standard InChI is InChI=1S/C23H17BrN2O4/c24-18-8-4-5-15(13-18)14-20(26-21(27)16-6-2-1-3-7-16)22(28)25-19-11-9-17(10-12-19)23(29)30/h1-14H,(H,25,28)(H,26,27)(H,29,30)/b20-14+. The van der Waals surface area contributed by atoms with Gasteiger partial charge in [-0.05, 0) is 60.2 Å². The highest BCUT2D eigenvalue weighted by atomic mass is 79.9. The van der Waals surface area contributed by atoms with Crippen LogP contribution in [0.15, 0.2) is 89.0 Å². The van der Waals surface area contributed by atoms with Crippen molar-refractivity contribution in [3.05, 3.63) is 106 Å². The molecule has 0 aliphatic rings. The maximum absolute atomic E-state index is 12.9. The fourth-order valence-corrected chi connectivity index (χ4v) is 3.02. The third-order valence-corrected chi connectivity index (χ3v) is 4.57. The minimum Gasteiger partial charge on any atom is -0.478 e. The summed E-state index contributed by atoms with van der Waals surface area (Å²) >= 11 is 3.38. The highest BCUT2D eigenvalue weighted by Crippen LogP contribution is 2.16. The summed E-state index contributed by atoms with van der Waals surface area (Å²) < 4.78 is 0.828. The van der Waals surface area contributed by atoms with Gasteiger partial charge in [-0.3, -0.25) is 9.59 Å². The van der Waals surface area contributed by atoms with Crippen LogP contribution >= 0.6 is 15.9 Å². The van der Waals surface area contributed by atoms with Crippen LogP contribution in [-0.4, -0.2) is 22.9 Å². The van der Waals surface area contributed by atoms with Crippen LogP contribution in [0.2, 0.25) is 0 Å². The molecule has 0 aromatic heterocycles. The first-order chi connectivity index (χ1) is 14.4. The SMILES string of the molecule is O=C(Nc1ccc(C(=O)O)cc1)/C(=C\c1cccc(Br)c1)NC(=O)c1ccccc1. The second kappa shape index (κ2) is 9.67. The van der Waals surface area contributed by atoms with Crippen LogP contribution in [0, 0.1) is 0 Å². The van der Waals surface area contributed by atoms with Crippen LogP contribution in [0.3, 0.4) is 0 Å². The first kappa shape index (κ1) is 21.0. The number of hydrogen-bond acceptors (Lipinski definition) is 3. The molecule has 0 bridgehead atoms. The summed E-state index contributed by atoms with van der Waals surface area (Å²) in [6.07, 6.45) is 1.56. The summed E-state index contributed by atoms with van der Waals surface area (Å²) in [5.74, 6) is -2.02. The average Bonchev–Trinajstić information content (AvgIpc) is 2.74. The number of nitrogens with one attached hydrogen (secondary N) is 2. The van der Waals surface area contributed by atoms with E-state index in [1.807, 2.05) is 18.2 Å². The molecule has 3 aromatic rings. The van der Waals surface area contributed by atoms with Gasteiger partial charge >= 0.3 is 5.97 Å². The number of amides is 2. The van der Waals surface area contributed by atoms with E-state index in [0.717, 1.165) is 4.47 Å². The molecule has 0 saturated heterocycles. The second-order valence-electron chi connectivity index (χ2n) is 6.27. The van der Waals surface area contributed by atoms with Crippen LogP contribution in [0.25, 0.3) is 6.08 Å². The fourth-order valence-electron chi connectivity index (χ4n) is 2.60. The first-order valence-corrected chi connectivity index (χ1v) is 9.70. The first-order valence-electron chi connectivity index (χ1n) is 8.91. The number of carboxylic acids is 1. The molecule has 0 heterocycles. The van der Waals surface area contributed by atoms with E-state index in [4.69, 9.17) is 5.11 Å². The second-order valence-corrected chi connectivity index (χ2v) is 7.19. The number of aromatic carboxylic acids is 1. The Morgan fingerprint density at radius 2 is 1.53 bits per heavy atom. The highest BCUT2D eigenvalue weighted by Gasteiger charge is 2.15. The lowest BCUT2D eigenvalue weighted by atomic mass is 10.1. The Balaban J connectivity index is 1.86. The number of hydrogen-bond donors (Lipinski definition) is 3. The van der Waals surface area contributed by atoms with Gasteiger partial charge in [-0.2, -0.15) is 0 Å². The number of rotatable bonds is 6. The van der Waals surface area contributed by atoms with Crippen molar-refractivity contribution in [2.75, 3.05) is 5.32 Å². The molecule has 0 fully saturated rings. The van der Waals surface area contributed by atoms with Gasteiger partial charge in [-0.1, -0.05) is 46.3 Å². The molecule has 0 aliphatic carbocycles. The third kappa shape index (κ3) is 5.65. The number of carboxylic acid groups (broad SMARTS) is 1. The largest absolute Gasteiger partial charge is 0.478 e. The van der Waals surface area contributed by atoms with E-state index in [0.29, 0.717) is 16.8 Å². The molecular weight excluding hydrogens is 448 g/mol. The molecule has 3 rings (SSSR count). The van der Waals surface area contributed by atoms with Crippen molar-refractivity contribution in [2.24, 2.45) is 0 Å². The van der Waals surface area contributed by atoms with Crippen molar-refractivity contribution < 1.29 is 19.5 Å². The van der Waals surface area contributed by atoms with Crippen molar-refractivity contribution in [3.63, 3.8) is 0 Å². The van der Waals surface area contributed by atoms with E-state index >= 15 is 0 Å². The van der Waals surface area contributed by atoms with Crippen LogP contribution in [0.4, 0.5) is 5.69 Å². The number of carbonyl (C=O) groups excluding carboxylic acids is 2. The predicted molar refractivity (Wildman–Crippen MR) is 118 cm³/mol. The lowest BCUT2D eigenvalue weighted by molar-refractivity contribution is -0.113. The van der Waals surface area contributed by atoms with Crippen molar-refractivity contribution in [2.45, 2.75) is 0 Å². The molecule has 3 aromatic carbocycles. The Labute approximate surface area is 181 Å². The maximum Gasteiger partial charge on any atom is 0.335 e. The van der Waals surface area contributed by atoms with Gasteiger partial charge in [0.1, 0.15) is 5.70 Å². The topological polar surface area (TPSA) is 95.5 Å². The molecular formula is C23H17BrN2O4. The molecule has 0 atom stereocenters. The molecule has 0 radical (unpaired) electrons. The molecule has 0 spiro atoms. The summed E-state index contributed by atoms with van der Waals surface area (Å²) in [7, 11) is 0. The Hall–Kier alpha value is -3.71. The van der Waals surface area contributed by atoms with Crippen molar-refractivity contribution >= 4 is 45.5 Å². The van der Waals surface area contributed by atoms with Crippen LogP contribution in [-0.2, 0) is 4.79 Å². The number of carbonyl (C=O) groups is 3. The molecule has 7 heteroatoms. The van der Waals surface area contributed by atoms with E-state index in [2.05, 4.69) is 26.6 Å². The fraction of sp³-hybridized carbons (Fsp3) is 0. The van der Waals surface area contributed by atoms with Gasteiger partial charge in [0.25, 0.3) is 11.8 Å². The van der Waals surface area contributed by atoms with Gasteiger partial charge in [-0.25, -0.2) is 4.79 Å². The normalized spacial score (nSPS) is 10.9. The van der Waals surface area contributed by atoms with Crippen LogP contribution in [0.1, 0.15) is 26.3 Å². The molecule has 150 valence electrons. The Morgan fingerprint density at radius 3 is 2.17 bits per heavy atom. The number of halogens is 1. The lowest BCUT2D eigenvalue weighted by Gasteiger charge is -2.12. The lowest BCUT2D eigenvalue weighted by Crippen LogP contribution is -2.30. The smallest absolute Gasteiger partial charge is 0.335 e. The van der Waals surface area contributed by atoms with E-state index < -0.39 is 17.8 Å². The zero-order chi connectivity index (χ0) is 21.5. The highest BCUT2D eigenvalue weighted by molar-refractivity contribution is 9.10. The van der Waals surface area contributed by atoms with Crippen molar-refractivity contribution in [1.29, 1.82) is 0 Å². The molecule has 0 saturated carbocycles. The monoisotopic (exact) mass is 464 g/mol. The molecule has 3 N–H and O–H groups in total. The molecule has 2 amide bonds. The summed E-state index contributed by atoms with van der Waals surface area (Å²) in [4.78, 5) is 36.4. The molecule has 0 aliphatic heterocycles. The third-order valence-electron chi connectivity index (χ3n) is 4.08. The summed E-state index contributed by atoms with van der Waals surface area (Å²) in [6, 6.07) is 21.6. The summed E-state index contributed by atoms with van der Waals surface area (Å²) in [5.41, 5.74) is 1.68. The van der Waals surface area contributed by atoms with Crippen molar-refractivity contribution in [1.82, 2.24) is 5.32 Å². The van der Waals surface area contributed by atoms with Gasteiger partial charge in [-0.15, -0.1) is 0 Å². The Morgan fingerprint density at radius 1 is 0.833 bits per heavy atom. The van der Waals surface area contributed by atoms with Gasteiger partial charge in [0, 0.05) is 15.7 Å². The molecule has 6 nitrogen and oxygen atoms in total.